The van der Waals surface area contributed by atoms with Gasteiger partial charge in [-0.05, 0) is 13.3 Å². The van der Waals surface area contributed by atoms with Crippen LogP contribution in [0.5, 0.6) is 0 Å². The molecule has 1 saturated heterocycles. The number of halogens is 1. The van der Waals surface area contributed by atoms with E-state index in [1.807, 2.05) is 0 Å². The first-order chi connectivity index (χ1) is 5.61. The molecule has 2 atom stereocenters. The molecule has 1 rings (SSSR count). The highest BCUT2D eigenvalue weighted by Gasteiger charge is 2.43. The van der Waals surface area contributed by atoms with E-state index in [1.165, 1.54) is 7.11 Å². The molecule has 0 bridgehead atoms. The maximum Gasteiger partial charge on any atom is 0.315 e. The van der Waals surface area contributed by atoms with Crippen molar-refractivity contribution in [2.24, 2.45) is 11.1 Å². The predicted octanol–water partition coefficient (Wildman–Crippen LogP) is 0.335. The van der Waals surface area contributed by atoms with E-state index in [9.17, 15) is 4.79 Å². The Kier molecular flexibility index (Phi) is 4.67. The van der Waals surface area contributed by atoms with Crippen LogP contribution >= 0.6 is 12.4 Å². The van der Waals surface area contributed by atoms with E-state index in [1.54, 1.807) is 6.92 Å². The number of ether oxygens (including phenoxy) is 2. The van der Waals surface area contributed by atoms with Crippen molar-refractivity contribution in [2.75, 3.05) is 20.3 Å². The van der Waals surface area contributed by atoms with E-state index in [2.05, 4.69) is 4.74 Å². The summed E-state index contributed by atoms with van der Waals surface area (Å²) in [6.07, 6.45) is 0.714. The molecule has 1 aliphatic heterocycles. The largest absolute Gasteiger partial charge is 0.468 e. The average Bonchev–Trinajstić information content (AvgIpc) is 2.09. The molecule has 13 heavy (non-hydrogen) atoms. The maximum atomic E-state index is 11.3. The van der Waals surface area contributed by atoms with Crippen LogP contribution in [0.1, 0.15) is 13.3 Å². The lowest BCUT2D eigenvalue weighted by Crippen LogP contribution is -2.52. The van der Waals surface area contributed by atoms with Crippen molar-refractivity contribution in [3.63, 3.8) is 0 Å². The highest BCUT2D eigenvalue weighted by atomic mass is 35.5. The number of hydrogen-bond acceptors (Lipinski definition) is 4. The Morgan fingerprint density at radius 2 is 2.31 bits per heavy atom. The topological polar surface area (TPSA) is 61.5 Å². The van der Waals surface area contributed by atoms with Gasteiger partial charge in [-0.25, -0.2) is 0 Å². The van der Waals surface area contributed by atoms with Crippen molar-refractivity contribution in [2.45, 2.75) is 19.4 Å². The van der Waals surface area contributed by atoms with Crippen molar-refractivity contribution in [3.8, 4) is 0 Å². The van der Waals surface area contributed by atoms with Gasteiger partial charge in [0.1, 0.15) is 5.41 Å². The van der Waals surface area contributed by atoms with Crippen LogP contribution in [-0.2, 0) is 14.3 Å². The molecule has 0 aromatic heterocycles. The SMILES string of the molecule is COC(=O)C1(C)COCCC1N.Cl. The summed E-state index contributed by atoms with van der Waals surface area (Å²) in [6, 6.07) is -0.154. The molecule has 1 aliphatic rings. The van der Waals surface area contributed by atoms with Gasteiger partial charge in [0.25, 0.3) is 0 Å². The van der Waals surface area contributed by atoms with Crippen LogP contribution in [0.25, 0.3) is 0 Å². The Morgan fingerprint density at radius 3 is 2.77 bits per heavy atom. The van der Waals surface area contributed by atoms with Gasteiger partial charge in [-0.1, -0.05) is 0 Å². The number of nitrogens with two attached hydrogens (primary N) is 1. The van der Waals surface area contributed by atoms with Gasteiger partial charge in [-0.2, -0.15) is 0 Å². The van der Waals surface area contributed by atoms with E-state index in [0.29, 0.717) is 19.6 Å². The first kappa shape index (κ1) is 12.7. The van der Waals surface area contributed by atoms with Gasteiger partial charge < -0.3 is 15.2 Å². The summed E-state index contributed by atoms with van der Waals surface area (Å²) in [7, 11) is 1.37. The lowest BCUT2D eigenvalue weighted by atomic mass is 9.80. The Morgan fingerprint density at radius 1 is 1.69 bits per heavy atom. The van der Waals surface area contributed by atoms with Crippen molar-refractivity contribution in [1.29, 1.82) is 0 Å². The third kappa shape index (κ3) is 2.33. The van der Waals surface area contributed by atoms with Gasteiger partial charge in [0.05, 0.1) is 13.7 Å². The Labute approximate surface area is 84.2 Å². The second kappa shape index (κ2) is 4.79. The number of rotatable bonds is 1. The van der Waals surface area contributed by atoms with Crippen LogP contribution in [0.15, 0.2) is 0 Å². The monoisotopic (exact) mass is 209 g/mol. The Balaban J connectivity index is 0.00000144. The molecule has 0 amide bonds. The fraction of sp³-hybridized carbons (Fsp3) is 0.875. The zero-order chi connectivity index (χ0) is 9.19. The van der Waals surface area contributed by atoms with Crippen molar-refractivity contribution < 1.29 is 14.3 Å². The molecule has 5 heteroatoms. The summed E-state index contributed by atoms with van der Waals surface area (Å²) in [4.78, 5) is 11.3. The smallest absolute Gasteiger partial charge is 0.315 e. The molecule has 0 aromatic carbocycles. The number of methoxy groups -OCH3 is 1. The summed E-state index contributed by atoms with van der Waals surface area (Å²) in [5.74, 6) is -0.283. The van der Waals surface area contributed by atoms with Crippen LogP contribution in [-0.4, -0.2) is 32.3 Å². The maximum absolute atomic E-state index is 11.3. The first-order valence-corrected chi connectivity index (χ1v) is 4.03. The molecule has 0 saturated carbocycles. The lowest BCUT2D eigenvalue weighted by molar-refractivity contribution is -0.161. The van der Waals surface area contributed by atoms with Crippen LogP contribution in [0, 0.1) is 5.41 Å². The molecule has 0 radical (unpaired) electrons. The average molecular weight is 210 g/mol. The molecule has 2 unspecified atom stereocenters. The van der Waals surface area contributed by atoms with Crippen LogP contribution in [0.3, 0.4) is 0 Å². The second-order valence-corrected chi connectivity index (χ2v) is 3.36. The molecule has 0 aromatic rings. The molecule has 1 fully saturated rings. The van der Waals surface area contributed by atoms with E-state index < -0.39 is 5.41 Å². The summed E-state index contributed by atoms with van der Waals surface area (Å²) in [5, 5.41) is 0. The molecule has 2 N–H and O–H groups in total. The lowest BCUT2D eigenvalue weighted by Gasteiger charge is -2.36. The quantitative estimate of drug-likeness (QED) is 0.633. The van der Waals surface area contributed by atoms with Gasteiger partial charge in [0, 0.05) is 12.6 Å². The number of esters is 1. The minimum Gasteiger partial charge on any atom is -0.468 e. The molecular weight excluding hydrogens is 194 g/mol. The predicted molar refractivity (Wildman–Crippen MR) is 50.8 cm³/mol. The highest BCUT2D eigenvalue weighted by molar-refractivity contribution is 5.85. The third-order valence-corrected chi connectivity index (χ3v) is 2.45. The number of carbonyl (C=O) groups is 1. The van der Waals surface area contributed by atoms with E-state index in [-0.39, 0.29) is 24.4 Å². The molecule has 78 valence electrons. The van der Waals surface area contributed by atoms with Gasteiger partial charge in [0.2, 0.25) is 0 Å². The fourth-order valence-corrected chi connectivity index (χ4v) is 1.36. The van der Waals surface area contributed by atoms with Crippen molar-refractivity contribution >= 4 is 18.4 Å². The molecule has 4 nitrogen and oxygen atoms in total. The molecule has 1 heterocycles. The van der Waals surface area contributed by atoms with Crippen molar-refractivity contribution in [3.05, 3.63) is 0 Å². The Bertz CT molecular complexity index is 188. The van der Waals surface area contributed by atoms with Gasteiger partial charge in [-0.15, -0.1) is 12.4 Å². The standard InChI is InChI=1S/C8H15NO3.ClH/c1-8(7(10)11-2)5-12-4-3-6(8)9;/h6H,3-5,9H2,1-2H3;1H. The van der Waals surface area contributed by atoms with Crippen LogP contribution in [0.2, 0.25) is 0 Å². The fourth-order valence-electron chi connectivity index (χ4n) is 1.36. The third-order valence-electron chi connectivity index (χ3n) is 2.45. The summed E-state index contributed by atoms with van der Waals surface area (Å²) >= 11 is 0. The summed E-state index contributed by atoms with van der Waals surface area (Å²) in [5.41, 5.74) is 5.15. The zero-order valence-corrected chi connectivity index (χ0v) is 8.73. The minimum atomic E-state index is -0.660. The van der Waals surface area contributed by atoms with Gasteiger partial charge >= 0.3 is 5.97 Å². The molecular formula is C8H16ClNO3. The van der Waals surface area contributed by atoms with Gasteiger partial charge in [-0.3, -0.25) is 4.79 Å². The zero-order valence-electron chi connectivity index (χ0n) is 7.91. The minimum absolute atomic E-state index is 0. The van der Waals surface area contributed by atoms with Gasteiger partial charge in [0.15, 0.2) is 0 Å². The summed E-state index contributed by atoms with van der Waals surface area (Å²) in [6.45, 7) is 2.78. The summed E-state index contributed by atoms with van der Waals surface area (Å²) < 4.78 is 9.86. The molecule has 0 spiro atoms. The number of hydrogen-bond donors (Lipinski definition) is 1. The van der Waals surface area contributed by atoms with E-state index in [4.69, 9.17) is 10.5 Å². The van der Waals surface area contributed by atoms with Crippen molar-refractivity contribution in [1.82, 2.24) is 0 Å². The van der Waals surface area contributed by atoms with E-state index in [0.717, 1.165) is 0 Å². The van der Waals surface area contributed by atoms with Crippen LogP contribution in [0.4, 0.5) is 0 Å². The molecule has 0 aliphatic carbocycles. The Hall–Kier alpha value is -0.320. The first-order valence-electron chi connectivity index (χ1n) is 4.03. The van der Waals surface area contributed by atoms with Crippen LogP contribution < -0.4 is 5.73 Å². The van der Waals surface area contributed by atoms with E-state index >= 15 is 0 Å². The normalized spacial score (nSPS) is 33.3. The highest BCUT2D eigenvalue weighted by Crippen LogP contribution is 2.28. The number of carbonyl (C=O) groups excluding carboxylic acids is 1. The second-order valence-electron chi connectivity index (χ2n) is 3.36.